The second kappa shape index (κ2) is 8.08. The number of carbonyl (C=O) groups is 2. The van der Waals surface area contributed by atoms with Crippen molar-refractivity contribution in [3.05, 3.63) is 24.0 Å². The highest BCUT2D eigenvalue weighted by Gasteiger charge is 2.34. The number of hydrogen-bond donors (Lipinski definition) is 1. The van der Waals surface area contributed by atoms with Crippen LogP contribution < -0.4 is 5.32 Å². The Balaban J connectivity index is 1.68. The quantitative estimate of drug-likeness (QED) is 0.808. The van der Waals surface area contributed by atoms with Crippen LogP contribution in [0.15, 0.2) is 18.2 Å². The lowest BCUT2D eigenvalue weighted by Crippen LogP contribution is -2.33. The molecule has 2 amide bonds. The third kappa shape index (κ3) is 4.13. The molecular formula is C20H29N5O2. The molecule has 2 aromatic rings. The zero-order chi connectivity index (χ0) is 19.6. The molecule has 27 heavy (non-hydrogen) atoms. The summed E-state index contributed by atoms with van der Waals surface area (Å²) in [6.07, 6.45) is 1.16. The van der Waals surface area contributed by atoms with E-state index in [4.69, 9.17) is 0 Å². The van der Waals surface area contributed by atoms with Crippen LogP contribution in [0.2, 0.25) is 0 Å². The molecule has 3 rings (SSSR count). The van der Waals surface area contributed by atoms with Crippen molar-refractivity contribution in [1.29, 1.82) is 0 Å². The Morgan fingerprint density at radius 3 is 2.78 bits per heavy atom. The number of carbonyl (C=O) groups excluding carboxylic acids is 2. The molecule has 0 saturated carbocycles. The molecule has 1 saturated heterocycles. The molecule has 146 valence electrons. The van der Waals surface area contributed by atoms with Crippen LogP contribution in [-0.4, -0.2) is 64.9 Å². The summed E-state index contributed by atoms with van der Waals surface area (Å²) in [6, 6.07) is 5.83. The topological polar surface area (TPSA) is 70.5 Å². The number of aromatic nitrogens is 2. The van der Waals surface area contributed by atoms with Crippen LogP contribution in [0, 0.1) is 5.92 Å². The van der Waals surface area contributed by atoms with Gasteiger partial charge in [-0.3, -0.25) is 9.59 Å². The van der Waals surface area contributed by atoms with Crippen molar-refractivity contribution >= 4 is 28.5 Å². The van der Waals surface area contributed by atoms with Gasteiger partial charge in [-0.05, 0) is 39.2 Å². The third-order valence-corrected chi connectivity index (χ3v) is 5.13. The van der Waals surface area contributed by atoms with Crippen LogP contribution in [0.5, 0.6) is 0 Å². The maximum absolute atomic E-state index is 12.6. The number of hydrogen-bond acceptors (Lipinski definition) is 4. The number of likely N-dealkylation sites (tertiary alicyclic amines) is 1. The van der Waals surface area contributed by atoms with Crippen molar-refractivity contribution in [1.82, 2.24) is 19.4 Å². The molecule has 1 aromatic heterocycles. The molecule has 0 radical (unpaired) electrons. The number of aryl methyl sites for hydroxylation is 2. The molecular weight excluding hydrogens is 342 g/mol. The van der Waals surface area contributed by atoms with E-state index in [0.29, 0.717) is 13.1 Å². The van der Waals surface area contributed by atoms with Gasteiger partial charge in [-0.25, -0.2) is 4.98 Å². The molecule has 1 aromatic carbocycles. The number of anilines is 1. The van der Waals surface area contributed by atoms with Crippen LogP contribution in [0.25, 0.3) is 11.0 Å². The van der Waals surface area contributed by atoms with Crippen molar-refractivity contribution in [2.45, 2.75) is 33.2 Å². The zero-order valence-corrected chi connectivity index (χ0v) is 16.7. The van der Waals surface area contributed by atoms with E-state index in [-0.39, 0.29) is 24.2 Å². The van der Waals surface area contributed by atoms with Crippen LogP contribution >= 0.6 is 0 Å². The predicted octanol–water partition coefficient (Wildman–Crippen LogP) is 1.97. The average molecular weight is 371 g/mol. The van der Waals surface area contributed by atoms with Gasteiger partial charge >= 0.3 is 0 Å². The fourth-order valence-electron chi connectivity index (χ4n) is 3.61. The van der Waals surface area contributed by atoms with E-state index in [9.17, 15) is 9.59 Å². The molecule has 1 aliphatic rings. The van der Waals surface area contributed by atoms with E-state index in [1.54, 1.807) is 4.90 Å². The van der Waals surface area contributed by atoms with Gasteiger partial charge in [0, 0.05) is 44.7 Å². The summed E-state index contributed by atoms with van der Waals surface area (Å²) in [6.45, 7) is 7.03. The van der Waals surface area contributed by atoms with Gasteiger partial charge < -0.3 is 19.7 Å². The Morgan fingerprint density at radius 2 is 2.11 bits per heavy atom. The fourth-order valence-corrected chi connectivity index (χ4v) is 3.61. The highest BCUT2D eigenvalue weighted by atomic mass is 16.2. The third-order valence-electron chi connectivity index (χ3n) is 5.13. The Hall–Kier alpha value is -2.41. The first-order chi connectivity index (χ1) is 12.9. The molecule has 0 aliphatic carbocycles. The Kier molecular flexibility index (Phi) is 5.79. The molecule has 7 nitrogen and oxygen atoms in total. The smallest absolute Gasteiger partial charge is 0.229 e. The van der Waals surface area contributed by atoms with Gasteiger partial charge in [0.1, 0.15) is 5.82 Å². The van der Waals surface area contributed by atoms with E-state index < -0.39 is 0 Å². The lowest BCUT2D eigenvalue weighted by atomic mass is 10.1. The number of rotatable bonds is 7. The van der Waals surface area contributed by atoms with Crippen LogP contribution in [0.3, 0.4) is 0 Å². The van der Waals surface area contributed by atoms with E-state index in [2.05, 4.69) is 28.7 Å². The molecule has 0 unspecified atom stereocenters. The van der Waals surface area contributed by atoms with Crippen molar-refractivity contribution in [3.8, 4) is 0 Å². The van der Waals surface area contributed by atoms with E-state index in [1.807, 2.05) is 37.2 Å². The summed E-state index contributed by atoms with van der Waals surface area (Å²) in [5, 5.41) is 2.97. The largest absolute Gasteiger partial charge is 0.341 e. The van der Waals surface area contributed by atoms with Crippen molar-refractivity contribution in [2.75, 3.05) is 39.0 Å². The second-order valence-corrected chi connectivity index (χ2v) is 7.36. The molecule has 1 N–H and O–H groups in total. The minimum Gasteiger partial charge on any atom is -0.341 e. The number of nitrogens with one attached hydrogen (secondary N) is 1. The average Bonchev–Trinajstić information content (AvgIpc) is 3.19. The van der Waals surface area contributed by atoms with E-state index >= 15 is 0 Å². The SMILES string of the molecule is CCc1nc2cc(NC(=O)[C@@H]3CC(=O)N(CCN(C)C)C3)ccc2n1CC. The normalized spacial score (nSPS) is 17.3. The summed E-state index contributed by atoms with van der Waals surface area (Å²) in [4.78, 5) is 33.3. The number of amides is 2. The minimum absolute atomic E-state index is 0.0572. The van der Waals surface area contributed by atoms with Crippen LogP contribution in [-0.2, 0) is 22.6 Å². The van der Waals surface area contributed by atoms with Crippen LogP contribution in [0.4, 0.5) is 5.69 Å². The molecule has 1 aliphatic heterocycles. The molecule has 7 heteroatoms. The van der Waals surface area contributed by atoms with E-state index in [1.165, 1.54) is 0 Å². The highest BCUT2D eigenvalue weighted by molar-refractivity contribution is 5.98. The first-order valence-corrected chi connectivity index (χ1v) is 9.65. The van der Waals surface area contributed by atoms with Crippen molar-refractivity contribution in [2.24, 2.45) is 5.92 Å². The van der Waals surface area contributed by atoms with Gasteiger partial charge in [-0.2, -0.15) is 0 Å². The van der Waals surface area contributed by atoms with Gasteiger partial charge in [-0.15, -0.1) is 0 Å². The molecule has 1 fully saturated rings. The monoisotopic (exact) mass is 371 g/mol. The molecule has 0 spiro atoms. The second-order valence-electron chi connectivity index (χ2n) is 7.36. The summed E-state index contributed by atoms with van der Waals surface area (Å²) in [5.41, 5.74) is 2.70. The number of benzene rings is 1. The predicted molar refractivity (Wildman–Crippen MR) is 107 cm³/mol. The molecule has 2 heterocycles. The van der Waals surface area contributed by atoms with Crippen molar-refractivity contribution in [3.63, 3.8) is 0 Å². The van der Waals surface area contributed by atoms with Crippen molar-refractivity contribution < 1.29 is 9.59 Å². The summed E-state index contributed by atoms with van der Waals surface area (Å²) in [7, 11) is 3.95. The first-order valence-electron chi connectivity index (χ1n) is 9.65. The highest BCUT2D eigenvalue weighted by Crippen LogP contribution is 2.23. The van der Waals surface area contributed by atoms with Gasteiger partial charge in [0.05, 0.1) is 17.0 Å². The summed E-state index contributed by atoms with van der Waals surface area (Å²) in [5.74, 6) is 0.714. The lowest BCUT2D eigenvalue weighted by Gasteiger charge is -2.19. The standard InChI is InChI=1S/C20H29N5O2/c1-5-18-22-16-12-15(7-8-17(16)25(18)6-2)21-20(27)14-11-19(26)24(13-14)10-9-23(3)4/h7-8,12,14H,5-6,9-11,13H2,1-4H3,(H,21,27)/t14-/m1/s1. The maximum Gasteiger partial charge on any atom is 0.229 e. The minimum atomic E-state index is -0.297. The zero-order valence-electron chi connectivity index (χ0n) is 16.7. The Morgan fingerprint density at radius 1 is 1.33 bits per heavy atom. The Labute approximate surface area is 160 Å². The molecule has 0 bridgehead atoms. The first kappa shape index (κ1) is 19.4. The lowest BCUT2D eigenvalue weighted by molar-refractivity contribution is -0.128. The van der Waals surface area contributed by atoms with Crippen LogP contribution in [0.1, 0.15) is 26.1 Å². The number of imidazole rings is 1. The van der Waals surface area contributed by atoms with Gasteiger partial charge in [0.25, 0.3) is 0 Å². The van der Waals surface area contributed by atoms with E-state index in [0.717, 1.165) is 42.1 Å². The van der Waals surface area contributed by atoms with Gasteiger partial charge in [0.2, 0.25) is 11.8 Å². The number of nitrogens with zero attached hydrogens (tertiary/aromatic N) is 4. The molecule has 1 atom stereocenters. The Bertz CT molecular complexity index is 842. The fraction of sp³-hybridized carbons (Fsp3) is 0.550. The maximum atomic E-state index is 12.6. The number of likely N-dealkylation sites (N-methyl/N-ethyl adjacent to an activating group) is 1. The van der Waals surface area contributed by atoms with Gasteiger partial charge in [-0.1, -0.05) is 6.92 Å². The van der Waals surface area contributed by atoms with Gasteiger partial charge in [0.15, 0.2) is 0 Å². The summed E-state index contributed by atoms with van der Waals surface area (Å²) >= 11 is 0. The summed E-state index contributed by atoms with van der Waals surface area (Å²) < 4.78 is 2.19. The number of fused-ring (bicyclic) bond motifs is 1.